The van der Waals surface area contributed by atoms with Crippen molar-refractivity contribution in [3.05, 3.63) is 29.3 Å². The van der Waals surface area contributed by atoms with Crippen molar-refractivity contribution < 1.29 is 18.0 Å². The maximum atomic E-state index is 13.7. The van der Waals surface area contributed by atoms with Gasteiger partial charge in [-0.2, -0.15) is 0 Å². The maximum Gasteiger partial charge on any atom is 0.289 e. The highest BCUT2D eigenvalue weighted by atomic mass is 19.2. The molecule has 2 aliphatic heterocycles. The quantitative estimate of drug-likeness (QED) is 0.811. The Kier molecular flexibility index (Phi) is 3.12. The molecule has 0 saturated carbocycles. The first-order valence-corrected chi connectivity index (χ1v) is 7.45. The minimum Gasteiger partial charge on any atom is -0.335 e. The number of aromatic nitrogens is 2. The molecule has 2 fully saturated rings. The van der Waals surface area contributed by atoms with E-state index in [-0.39, 0.29) is 22.8 Å². The molecule has 1 aromatic heterocycles. The molecular weight excluding hydrogens is 309 g/mol. The zero-order chi connectivity index (χ0) is 16.3. The number of benzene rings is 1. The minimum atomic E-state index is -1.58. The van der Waals surface area contributed by atoms with Crippen molar-refractivity contribution in [3.8, 4) is 0 Å². The Balaban J connectivity index is 1.62. The lowest BCUT2D eigenvalue weighted by Crippen LogP contribution is -2.32. The maximum absolute atomic E-state index is 13.7. The first kappa shape index (κ1) is 14.5. The van der Waals surface area contributed by atoms with Crippen LogP contribution >= 0.6 is 0 Å². The van der Waals surface area contributed by atoms with Crippen LogP contribution < -0.4 is 0 Å². The molecule has 4 rings (SSSR count). The van der Waals surface area contributed by atoms with Crippen molar-refractivity contribution in [1.82, 2.24) is 19.8 Å². The normalized spacial score (nSPS) is 24.6. The number of imidazole rings is 1. The van der Waals surface area contributed by atoms with E-state index in [9.17, 15) is 18.0 Å². The Hall–Kier alpha value is -2.09. The van der Waals surface area contributed by atoms with E-state index in [4.69, 9.17) is 0 Å². The smallest absolute Gasteiger partial charge is 0.289 e. The minimum absolute atomic E-state index is 0.0242. The summed E-state index contributed by atoms with van der Waals surface area (Å²) < 4.78 is 40.2. The van der Waals surface area contributed by atoms with E-state index in [1.165, 1.54) is 0 Å². The zero-order valence-electron chi connectivity index (χ0n) is 12.4. The molecular formula is C15H15F3N4O. The van der Waals surface area contributed by atoms with E-state index in [2.05, 4.69) is 21.9 Å². The third kappa shape index (κ3) is 2.20. The molecule has 0 bridgehead atoms. The van der Waals surface area contributed by atoms with Gasteiger partial charge in [0.2, 0.25) is 0 Å². The Morgan fingerprint density at radius 1 is 1.17 bits per heavy atom. The Labute approximate surface area is 130 Å². The number of carbonyl (C=O) groups is 1. The van der Waals surface area contributed by atoms with E-state index in [0.717, 1.165) is 19.2 Å². The van der Waals surface area contributed by atoms with Crippen LogP contribution in [-0.4, -0.2) is 58.9 Å². The molecule has 2 aliphatic rings. The van der Waals surface area contributed by atoms with Crippen LogP contribution in [0.2, 0.25) is 0 Å². The molecule has 1 amide bonds. The van der Waals surface area contributed by atoms with Gasteiger partial charge in [0, 0.05) is 32.2 Å². The number of likely N-dealkylation sites (tertiary alicyclic amines) is 2. The monoisotopic (exact) mass is 324 g/mol. The van der Waals surface area contributed by atoms with E-state index < -0.39 is 17.5 Å². The summed E-state index contributed by atoms with van der Waals surface area (Å²) in [5, 5.41) is 0. The van der Waals surface area contributed by atoms with Crippen molar-refractivity contribution in [3.63, 3.8) is 0 Å². The molecule has 122 valence electrons. The summed E-state index contributed by atoms with van der Waals surface area (Å²) in [6, 6.07) is 0.811. The number of nitrogens with zero attached hydrogens (tertiary/aromatic N) is 3. The summed E-state index contributed by atoms with van der Waals surface area (Å²) >= 11 is 0. The lowest BCUT2D eigenvalue weighted by Gasteiger charge is -2.18. The third-order valence-corrected chi connectivity index (χ3v) is 4.77. The van der Waals surface area contributed by atoms with Crippen LogP contribution in [0.25, 0.3) is 11.0 Å². The van der Waals surface area contributed by atoms with Crippen LogP contribution in [0.15, 0.2) is 6.07 Å². The molecule has 5 nitrogen and oxygen atoms in total. The second kappa shape index (κ2) is 4.95. The summed E-state index contributed by atoms with van der Waals surface area (Å²) in [5.74, 6) is -3.86. The van der Waals surface area contributed by atoms with Crippen molar-refractivity contribution >= 4 is 16.9 Å². The predicted octanol–water partition coefficient (Wildman–Crippen LogP) is 1.61. The molecule has 2 aromatic rings. The number of carbonyl (C=O) groups excluding carboxylic acids is 1. The number of H-pyrrole nitrogens is 1. The topological polar surface area (TPSA) is 52.2 Å². The number of rotatable bonds is 1. The summed E-state index contributed by atoms with van der Waals surface area (Å²) in [4.78, 5) is 22.9. The van der Waals surface area contributed by atoms with Gasteiger partial charge in [-0.1, -0.05) is 0 Å². The van der Waals surface area contributed by atoms with E-state index in [0.29, 0.717) is 24.9 Å². The fourth-order valence-corrected chi connectivity index (χ4v) is 3.70. The first-order chi connectivity index (χ1) is 10.9. The molecule has 3 heterocycles. The van der Waals surface area contributed by atoms with E-state index in [1.54, 1.807) is 4.90 Å². The predicted molar refractivity (Wildman–Crippen MR) is 76.3 cm³/mol. The summed E-state index contributed by atoms with van der Waals surface area (Å²) in [5.41, 5.74) is -0.379. The fourth-order valence-electron chi connectivity index (χ4n) is 3.70. The van der Waals surface area contributed by atoms with Crippen LogP contribution in [0.5, 0.6) is 0 Å². The molecule has 2 atom stereocenters. The van der Waals surface area contributed by atoms with Gasteiger partial charge in [0.15, 0.2) is 23.3 Å². The molecule has 2 saturated heterocycles. The highest BCUT2D eigenvalue weighted by Gasteiger charge is 2.41. The van der Waals surface area contributed by atoms with Gasteiger partial charge >= 0.3 is 0 Å². The van der Waals surface area contributed by atoms with Gasteiger partial charge in [-0.05, 0) is 18.9 Å². The van der Waals surface area contributed by atoms with E-state index in [1.807, 2.05) is 0 Å². The number of fused-ring (bicyclic) bond motifs is 2. The molecule has 1 aromatic carbocycles. The van der Waals surface area contributed by atoms with Gasteiger partial charge in [0.25, 0.3) is 5.91 Å². The molecule has 23 heavy (non-hydrogen) atoms. The lowest BCUT2D eigenvalue weighted by atomic mass is 10.0. The van der Waals surface area contributed by atoms with Gasteiger partial charge in [-0.3, -0.25) is 4.79 Å². The number of amides is 1. The standard InChI is InChI=1S/C15H15F3N4O/c1-21-3-7-5-22(6-8(7)4-21)15(23)14-19-10-2-9(16)11(17)12(18)13(10)20-14/h2,7-8H,3-6H2,1H3,(H,19,20)/t7-,8+. The number of hydrogen-bond acceptors (Lipinski definition) is 3. The van der Waals surface area contributed by atoms with Gasteiger partial charge in [0.05, 0.1) is 5.52 Å². The fraction of sp³-hybridized carbons (Fsp3) is 0.467. The van der Waals surface area contributed by atoms with Gasteiger partial charge < -0.3 is 14.8 Å². The van der Waals surface area contributed by atoms with Gasteiger partial charge in [0.1, 0.15) is 5.52 Å². The second-order valence-electron chi connectivity index (χ2n) is 6.42. The summed E-state index contributed by atoms with van der Waals surface area (Å²) in [6.45, 7) is 3.13. The highest BCUT2D eigenvalue weighted by Crippen LogP contribution is 2.31. The number of halogens is 3. The highest BCUT2D eigenvalue weighted by molar-refractivity contribution is 5.94. The second-order valence-corrected chi connectivity index (χ2v) is 6.42. The zero-order valence-corrected chi connectivity index (χ0v) is 12.4. The largest absolute Gasteiger partial charge is 0.335 e. The van der Waals surface area contributed by atoms with Gasteiger partial charge in [-0.25, -0.2) is 18.2 Å². The average Bonchev–Trinajstić information content (AvgIpc) is 3.16. The number of aromatic amines is 1. The number of hydrogen-bond donors (Lipinski definition) is 1. The molecule has 0 unspecified atom stereocenters. The van der Waals surface area contributed by atoms with E-state index >= 15 is 0 Å². The van der Waals surface area contributed by atoms with Crippen molar-refractivity contribution in [1.29, 1.82) is 0 Å². The Bertz CT molecular complexity index is 792. The molecule has 8 heteroatoms. The summed E-state index contributed by atoms with van der Waals surface area (Å²) in [7, 11) is 2.05. The number of nitrogens with one attached hydrogen (secondary N) is 1. The Morgan fingerprint density at radius 2 is 1.83 bits per heavy atom. The van der Waals surface area contributed by atoms with Crippen LogP contribution in [-0.2, 0) is 0 Å². The van der Waals surface area contributed by atoms with Crippen LogP contribution in [0.1, 0.15) is 10.6 Å². The van der Waals surface area contributed by atoms with Gasteiger partial charge in [-0.15, -0.1) is 0 Å². The molecule has 0 radical (unpaired) electrons. The summed E-state index contributed by atoms with van der Waals surface area (Å²) in [6.07, 6.45) is 0. The third-order valence-electron chi connectivity index (χ3n) is 4.77. The van der Waals surface area contributed by atoms with Crippen molar-refractivity contribution in [2.45, 2.75) is 0 Å². The van der Waals surface area contributed by atoms with Crippen molar-refractivity contribution in [2.75, 3.05) is 33.2 Å². The van der Waals surface area contributed by atoms with Crippen LogP contribution in [0.4, 0.5) is 13.2 Å². The van der Waals surface area contributed by atoms with Crippen LogP contribution in [0.3, 0.4) is 0 Å². The molecule has 0 spiro atoms. The first-order valence-electron chi connectivity index (χ1n) is 7.45. The molecule has 0 aliphatic carbocycles. The van der Waals surface area contributed by atoms with Crippen molar-refractivity contribution in [2.24, 2.45) is 11.8 Å². The Morgan fingerprint density at radius 3 is 2.48 bits per heavy atom. The lowest BCUT2D eigenvalue weighted by molar-refractivity contribution is 0.0765. The van der Waals surface area contributed by atoms with Crippen LogP contribution in [0, 0.1) is 29.3 Å². The molecule has 1 N–H and O–H groups in total. The average molecular weight is 324 g/mol. The SMILES string of the molecule is CN1C[C@@H]2CN(C(=O)c3nc4c(F)c(F)c(F)cc4[nH]3)C[C@@H]2C1.